The molecule has 4 amide bonds. The Morgan fingerprint density at radius 2 is 1.87 bits per heavy atom. The van der Waals surface area contributed by atoms with E-state index in [-0.39, 0.29) is 23.2 Å². The first-order valence-corrected chi connectivity index (χ1v) is 9.84. The lowest BCUT2D eigenvalue weighted by Crippen LogP contribution is -2.33. The highest BCUT2D eigenvalue weighted by molar-refractivity contribution is 7.12. The molecule has 1 aliphatic rings. The van der Waals surface area contributed by atoms with Crippen molar-refractivity contribution in [2.45, 2.75) is 6.42 Å². The third-order valence-corrected chi connectivity index (χ3v) is 5.14. The highest BCUT2D eigenvalue weighted by Crippen LogP contribution is 2.24. The standard InChI is InChI=1S/C20H18N2O7S/c1-28-8-3-7-22-18(25)13-6-5-12(10-14(13)19(22)26)20(27)29-11-16(23)21-17(24)15-4-2-9-30-15/h2,4-6,9-10H,3,7-8,11H2,1H3,(H,21,23,24). The van der Waals surface area contributed by atoms with Gasteiger partial charge in [-0.05, 0) is 36.1 Å². The summed E-state index contributed by atoms with van der Waals surface area (Å²) < 4.78 is 9.84. The lowest BCUT2D eigenvalue weighted by atomic mass is 10.1. The quantitative estimate of drug-likeness (QED) is 0.383. The Morgan fingerprint density at radius 3 is 2.57 bits per heavy atom. The number of ether oxygens (including phenoxy) is 2. The van der Waals surface area contributed by atoms with Crippen LogP contribution in [0.5, 0.6) is 0 Å². The van der Waals surface area contributed by atoms with E-state index in [1.165, 1.54) is 36.6 Å². The van der Waals surface area contributed by atoms with E-state index in [1.54, 1.807) is 17.5 Å². The Morgan fingerprint density at radius 1 is 1.10 bits per heavy atom. The molecule has 2 heterocycles. The summed E-state index contributed by atoms with van der Waals surface area (Å²) in [6.45, 7) is -0.0521. The summed E-state index contributed by atoms with van der Waals surface area (Å²) >= 11 is 1.17. The van der Waals surface area contributed by atoms with Gasteiger partial charge >= 0.3 is 5.97 Å². The molecule has 0 bridgehead atoms. The molecule has 156 valence electrons. The molecule has 0 saturated heterocycles. The second-order valence-electron chi connectivity index (χ2n) is 6.30. The third-order valence-electron chi connectivity index (χ3n) is 4.27. The number of nitrogens with zero attached hydrogens (tertiary/aromatic N) is 1. The molecule has 0 saturated carbocycles. The van der Waals surface area contributed by atoms with Crippen LogP contribution in [0.4, 0.5) is 0 Å². The van der Waals surface area contributed by atoms with Gasteiger partial charge in [-0.15, -0.1) is 11.3 Å². The minimum absolute atomic E-state index is 0.0195. The molecule has 0 aliphatic carbocycles. The van der Waals surface area contributed by atoms with Gasteiger partial charge in [0.15, 0.2) is 6.61 Å². The maximum atomic E-state index is 12.5. The number of hydrogen-bond acceptors (Lipinski definition) is 8. The van der Waals surface area contributed by atoms with E-state index in [4.69, 9.17) is 9.47 Å². The minimum atomic E-state index is -0.852. The third kappa shape index (κ3) is 4.61. The number of fused-ring (bicyclic) bond motifs is 1. The van der Waals surface area contributed by atoms with E-state index in [1.807, 2.05) is 0 Å². The predicted octanol–water partition coefficient (Wildman–Crippen LogP) is 1.49. The van der Waals surface area contributed by atoms with Crippen LogP contribution in [0, 0.1) is 0 Å². The summed E-state index contributed by atoms with van der Waals surface area (Å²) in [6.07, 6.45) is 0.496. The number of hydrogen-bond donors (Lipinski definition) is 1. The molecule has 0 unspecified atom stereocenters. The van der Waals surface area contributed by atoms with Gasteiger partial charge in [-0.3, -0.25) is 29.4 Å². The number of carbonyl (C=O) groups is 5. The number of benzene rings is 1. The van der Waals surface area contributed by atoms with Gasteiger partial charge in [0.2, 0.25) is 0 Å². The molecule has 1 aromatic carbocycles. The maximum absolute atomic E-state index is 12.5. The van der Waals surface area contributed by atoms with Crippen molar-refractivity contribution in [3.63, 3.8) is 0 Å². The van der Waals surface area contributed by atoms with Crippen molar-refractivity contribution in [3.05, 3.63) is 57.3 Å². The van der Waals surface area contributed by atoms with E-state index in [9.17, 15) is 24.0 Å². The van der Waals surface area contributed by atoms with Gasteiger partial charge in [0.1, 0.15) is 0 Å². The lowest BCUT2D eigenvalue weighted by Gasteiger charge is -2.12. The fourth-order valence-corrected chi connectivity index (χ4v) is 3.45. The van der Waals surface area contributed by atoms with Crippen LogP contribution in [0.15, 0.2) is 35.7 Å². The summed E-state index contributed by atoms with van der Waals surface area (Å²) in [4.78, 5) is 62.2. The second kappa shape index (κ2) is 9.42. The number of esters is 1. The van der Waals surface area contributed by atoms with Gasteiger partial charge in [-0.25, -0.2) is 4.79 Å². The van der Waals surface area contributed by atoms with Crippen molar-refractivity contribution < 1.29 is 33.4 Å². The lowest BCUT2D eigenvalue weighted by molar-refractivity contribution is -0.123. The van der Waals surface area contributed by atoms with E-state index >= 15 is 0 Å². The van der Waals surface area contributed by atoms with E-state index in [0.717, 1.165) is 4.90 Å². The van der Waals surface area contributed by atoms with Crippen LogP contribution < -0.4 is 5.32 Å². The zero-order valence-electron chi connectivity index (χ0n) is 16.0. The molecule has 0 radical (unpaired) electrons. The van der Waals surface area contributed by atoms with E-state index in [2.05, 4.69) is 5.32 Å². The summed E-state index contributed by atoms with van der Waals surface area (Å²) in [5.41, 5.74) is 0.323. The van der Waals surface area contributed by atoms with Gasteiger partial charge in [-0.2, -0.15) is 0 Å². The Kier molecular flexibility index (Phi) is 6.70. The molecule has 1 aromatic heterocycles. The molecule has 0 atom stereocenters. The zero-order valence-corrected chi connectivity index (χ0v) is 16.8. The number of nitrogens with one attached hydrogen (secondary N) is 1. The van der Waals surface area contributed by atoms with Crippen LogP contribution in [0.2, 0.25) is 0 Å². The molecule has 1 aliphatic heterocycles. The van der Waals surface area contributed by atoms with Gasteiger partial charge in [0, 0.05) is 20.3 Å². The number of amides is 4. The fourth-order valence-electron chi connectivity index (χ4n) is 2.83. The number of imide groups is 2. The topological polar surface area (TPSA) is 119 Å². The molecule has 3 rings (SSSR count). The van der Waals surface area contributed by atoms with Gasteiger partial charge < -0.3 is 9.47 Å². The molecule has 0 fully saturated rings. The van der Waals surface area contributed by atoms with Crippen molar-refractivity contribution in [1.82, 2.24) is 10.2 Å². The molecule has 10 heteroatoms. The molecule has 9 nitrogen and oxygen atoms in total. The molecule has 1 N–H and O–H groups in total. The highest BCUT2D eigenvalue weighted by Gasteiger charge is 2.35. The molecular weight excluding hydrogens is 412 g/mol. The zero-order chi connectivity index (χ0) is 21.7. The summed E-state index contributed by atoms with van der Waals surface area (Å²) in [6, 6.07) is 7.22. The van der Waals surface area contributed by atoms with E-state index < -0.39 is 36.2 Å². The van der Waals surface area contributed by atoms with Crippen molar-refractivity contribution in [3.8, 4) is 0 Å². The van der Waals surface area contributed by atoms with Crippen molar-refractivity contribution in [2.24, 2.45) is 0 Å². The normalized spacial score (nSPS) is 12.6. The highest BCUT2D eigenvalue weighted by atomic mass is 32.1. The largest absolute Gasteiger partial charge is 0.452 e. The van der Waals surface area contributed by atoms with Crippen LogP contribution >= 0.6 is 11.3 Å². The fraction of sp³-hybridized carbons (Fsp3) is 0.250. The van der Waals surface area contributed by atoms with Crippen molar-refractivity contribution in [2.75, 3.05) is 26.9 Å². The van der Waals surface area contributed by atoms with E-state index in [0.29, 0.717) is 17.9 Å². The number of rotatable bonds is 8. The van der Waals surface area contributed by atoms with Gasteiger partial charge in [0.25, 0.3) is 23.6 Å². The SMILES string of the molecule is COCCCN1C(=O)c2ccc(C(=O)OCC(=O)NC(=O)c3cccs3)cc2C1=O. The van der Waals surface area contributed by atoms with Gasteiger partial charge in [-0.1, -0.05) is 6.07 Å². The minimum Gasteiger partial charge on any atom is -0.452 e. The average molecular weight is 430 g/mol. The first kappa shape index (κ1) is 21.3. The van der Waals surface area contributed by atoms with Crippen molar-refractivity contribution >= 4 is 40.9 Å². The Hall–Kier alpha value is -3.37. The first-order valence-electron chi connectivity index (χ1n) is 8.96. The van der Waals surface area contributed by atoms with Crippen LogP contribution in [0.1, 0.15) is 47.2 Å². The second-order valence-corrected chi connectivity index (χ2v) is 7.25. The van der Waals surface area contributed by atoms with Gasteiger partial charge in [0.05, 0.1) is 21.6 Å². The Balaban J connectivity index is 1.59. The Bertz CT molecular complexity index is 1000. The molecule has 30 heavy (non-hydrogen) atoms. The monoisotopic (exact) mass is 430 g/mol. The molecule has 2 aromatic rings. The summed E-state index contributed by atoms with van der Waals surface area (Å²) in [5, 5.41) is 3.81. The van der Waals surface area contributed by atoms with Crippen LogP contribution in [-0.4, -0.2) is 61.4 Å². The smallest absolute Gasteiger partial charge is 0.338 e. The summed E-state index contributed by atoms with van der Waals surface area (Å²) in [7, 11) is 1.53. The van der Waals surface area contributed by atoms with Crippen LogP contribution in [0.25, 0.3) is 0 Å². The summed E-state index contributed by atoms with van der Waals surface area (Å²) in [5.74, 6) is -3.15. The van der Waals surface area contributed by atoms with Crippen LogP contribution in [-0.2, 0) is 14.3 Å². The Labute approximate surface area is 175 Å². The molecule has 0 spiro atoms. The first-order chi connectivity index (χ1) is 14.4. The van der Waals surface area contributed by atoms with Crippen molar-refractivity contribution in [1.29, 1.82) is 0 Å². The van der Waals surface area contributed by atoms with Crippen LogP contribution in [0.3, 0.4) is 0 Å². The number of thiophene rings is 1. The average Bonchev–Trinajstić information content (AvgIpc) is 3.35. The molecular formula is C20H18N2O7S. The number of carbonyl (C=O) groups excluding carboxylic acids is 5. The predicted molar refractivity (Wildman–Crippen MR) is 105 cm³/mol. The number of methoxy groups -OCH3 is 1. The maximum Gasteiger partial charge on any atom is 0.338 e.